The average molecular weight is 305 g/mol. The van der Waals surface area contributed by atoms with Crippen molar-refractivity contribution in [3.8, 4) is 0 Å². The standard InChI is InChI=1S/C13H23NO5S/c1-10(2)9-18-6-4-5-14-20(16,17)13-7-12(8-15)19-11(13)3/h7,10,14-15H,4-6,8-9H2,1-3H3. The number of rotatable bonds is 9. The summed E-state index contributed by atoms with van der Waals surface area (Å²) in [5, 5.41) is 8.93. The molecule has 0 saturated heterocycles. The third kappa shape index (κ3) is 5.24. The Balaban J connectivity index is 2.43. The van der Waals surface area contributed by atoms with Crippen molar-refractivity contribution in [2.24, 2.45) is 5.92 Å². The second-order valence-electron chi connectivity index (χ2n) is 5.01. The maximum absolute atomic E-state index is 12.0. The summed E-state index contributed by atoms with van der Waals surface area (Å²) in [7, 11) is -3.59. The molecule has 0 saturated carbocycles. The molecule has 0 bridgehead atoms. The van der Waals surface area contributed by atoms with Gasteiger partial charge in [0.15, 0.2) is 0 Å². The highest BCUT2D eigenvalue weighted by Gasteiger charge is 2.20. The first-order valence-electron chi connectivity index (χ1n) is 6.64. The maximum atomic E-state index is 12.0. The van der Waals surface area contributed by atoms with Crippen molar-refractivity contribution >= 4 is 10.0 Å². The topological polar surface area (TPSA) is 88.8 Å². The van der Waals surface area contributed by atoms with Crippen LogP contribution in [0.4, 0.5) is 0 Å². The molecule has 0 radical (unpaired) electrons. The number of hydrogen-bond acceptors (Lipinski definition) is 5. The molecular formula is C13H23NO5S. The summed E-state index contributed by atoms with van der Waals surface area (Å²) < 4.78 is 37.1. The predicted octanol–water partition coefficient (Wildman–Crippen LogP) is 1.42. The van der Waals surface area contributed by atoms with Gasteiger partial charge in [-0.05, 0) is 19.3 Å². The van der Waals surface area contributed by atoms with Gasteiger partial charge in [0, 0.05) is 25.8 Å². The van der Waals surface area contributed by atoms with Gasteiger partial charge >= 0.3 is 0 Å². The van der Waals surface area contributed by atoms with Gasteiger partial charge < -0.3 is 14.3 Å². The van der Waals surface area contributed by atoms with E-state index in [9.17, 15) is 8.42 Å². The van der Waals surface area contributed by atoms with E-state index >= 15 is 0 Å². The highest BCUT2D eigenvalue weighted by Crippen LogP contribution is 2.19. The largest absolute Gasteiger partial charge is 0.462 e. The number of aliphatic hydroxyl groups excluding tert-OH is 1. The third-order valence-corrected chi connectivity index (χ3v) is 4.15. The predicted molar refractivity (Wildman–Crippen MR) is 74.8 cm³/mol. The molecule has 1 heterocycles. The fourth-order valence-electron chi connectivity index (χ4n) is 1.65. The minimum absolute atomic E-state index is 0.0737. The Morgan fingerprint density at radius 1 is 1.45 bits per heavy atom. The van der Waals surface area contributed by atoms with Gasteiger partial charge in [-0.25, -0.2) is 13.1 Å². The van der Waals surface area contributed by atoms with Crippen molar-refractivity contribution in [3.05, 3.63) is 17.6 Å². The lowest BCUT2D eigenvalue weighted by Crippen LogP contribution is -2.26. The van der Waals surface area contributed by atoms with Gasteiger partial charge in [-0.3, -0.25) is 0 Å². The van der Waals surface area contributed by atoms with Crippen LogP contribution in [-0.4, -0.2) is 33.3 Å². The number of aliphatic hydroxyl groups is 1. The van der Waals surface area contributed by atoms with E-state index in [0.717, 1.165) is 0 Å². The lowest BCUT2D eigenvalue weighted by molar-refractivity contribution is 0.108. The molecule has 1 aromatic heterocycles. The Morgan fingerprint density at radius 3 is 2.70 bits per heavy atom. The summed E-state index contributed by atoms with van der Waals surface area (Å²) in [6.07, 6.45) is 0.607. The highest BCUT2D eigenvalue weighted by atomic mass is 32.2. The molecule has 2 N–H and O–H groups in total. The van der Waals surface area contributed by atoms with Gasteiger partial charge in [-0.1, -0.05) is 13.8 Å². The summed E-state index contributed by atoms with van der Waals surface area (Å²) in [6, 6.07) is 1.34. The second-order valence-corrected chi connectivity index (χ2v) is 6.75. The van der Waals surface area contributed by atoms with E-state index in [4.69, 9.17) is 14.3 Å². The Labute approximate surface area is 120 Å². The molecular weight excluding hydrogens is 282 g/mol. The van der Waals surface area contributed by atoms with Crippen LogP contribution in [0, 0.1) is 12.8 Å². The second kappa shape index (κ2) is 7.78. The van der Waals surface area contributed by atoms with Gasteiger partial charge in [-0.2, -0.15) is 0 Å². The number of hydrogen-bond donors (Lipinski definition) is 2. The molecule has 1 aromatic rings. The number of sulfonamides is 1. The third-order valence-electron chi connectivity index (χ3n) is 2.58. The molecule has 1 rings (SSSR count). The Hall–Kier alpha value is -0.890. The van der Waals surface area contributed by atoms with Crippen LogP contribution in [0.3, 0.4) is 0 Å². The summed E-state index contributed by atoms with van der Waals surface area (Å²) in [5.41, 5.74) is 0. The Bertz CT molecular complexity index is 507. The molecule has 0 aliphatic rings. The first-order valence-corrected chi connectivity index (χ1v) is 8.12. The summed E-state index contributed by atoms with van der Waals surface area (Å²) in [5.74, 6) is 0.984. The molecule has 7 heteroatoms. The van der Waals surface area contributed by atoms with E-state index in [2.05, 4.69) is 18.6 Å². The lowest BCUT2D eigenvalue weighted by atomic mass is 10.2. The number of ether oxygens (including phenoxy) is 1. The molecule has 0 aliphatic carbocycles. The minimum Gasteiger partial charge on any atom is -0.462 e. The first-order chi connectivity index (χ1) is 9.36. The van der Waals surface area contributed by atoms with Crippen molar-refractivity contribution in [2.75, 3.05) is 19.8 Å². The number of furan rings is 1. The SMILES string of the molecule is Cc1oc(CO)cc1S(=O)(=O)NCCCOCC(C)C. The summed E-state index contributed by atoms with van der Waals surface area (Å²) >= 11 is 0. The smallest absolute Gasteiger partial charge is 0.244 e. The van der Waals surface area contributed by atoms with Gasteiger partial charge in [-0.15, -0.1) is 0 Å². The molecule has 0 atom stereocenters. The van der Waals surface area contributed by atoms with E-state index in [1.54, 1.807) is 6.92 Å². The monoisotopic (exact) mass is 305 g/mol. The fraction of sp³-hybridized carbons (Fsp3) is 0.692. The molecule has 0 aliphatic heterocycles. The lowest BCUT2D eigenvalue weighted by Gasteiger charge is -2.08. The zero-order chi connectivity index (χ0) is 15.2. The van der Waals surface area contributed by atoms with Crippen LogP contribution in [0.5, 0.6) is 0 Å². The minimum atomic E-state index is -3.59. The summed E-state index contributed by atoms with van der Waals surface area (Å²) in [6.45, 7) is 6.85. The quantitative estimate of drug-likeness (QED) is 0.674. The molecule has 0 aromatic carbocycles. The molecule has 6 nitrogen and oxygen atoms in total. The Morgan fingerprint density at radius 2 is 2.15 bits per heavy atom. The van der Waals surface area contributed by atoms with E-state index in [1.165, 1.54) is 6.07 Å². The van der Waals surface area contributed by atoms with Gasteiger partial charge in [0.1, 0.15) is 23.0 Å². The first kappa shape index (κ1) is 17.2. The van der Waals surface area contributed by atoms with Crippen LogP contribution in [0.15, 0.2) is 15.4 Å². The Kier molecular flexibility index (Phi) is 6.67. The van der Waals surface area contributed by atoms with Gasteiger partial charge in [0.25, 0.3) is 0 Å². The van der Waals surface area contributed by atoms with Crippen molar-refractivity contribution in [3.63, 3.8) is 0 Å². The average Bonchev–Trinajstić information content (AvgIpc) is 2.75. The van der Waals surface area contributed by atoms with E-state index in [-0.39, 0.29) is 23.0 Å². The maximum Gasteiger partial charge on any atom is 0.244 e. The van der Waals surface area contributed by atoms with Crippen molar-refractivity contribution < 1.29 is 22.7 Å². The highest BCUT2D eigenvalue weighted by molar-refractivity contribution is 7.89. The van der Waals surface area contributed by atoms with Gasteiger partial charge in [0.05, 0.1) is 0 Å². The van der Waals surface area contributed by atoms with Crippen LogP contribution >= 0.6 is 0 Å². The molecule has 0 spiro atoms. The van der Waals surface area contributed by atoms with Crippen molar-refractivity contribution in [1.82, 2.24) is 4.72 Å². The van der Waals surface area contributed by atoms with Crippen LogP contribution < -0.4 is 4.72 Å². The number of nitrogens with one attached hydrogen (secondary N) is 1. The van der Waals surface area contributed by atoms with Crippen molar-refractivity contribution in [2.45, 2.75) is 38.7 Å². The van der Waals surface area contributed by atoms with Crippen molar-refractivity contribution in [1.29, 1.82) is 0 Å². The summed E-state index contributed by atoms with van der Waals surface area (Å²) in [4.78, 5) is 0.0737. The van der Waals surface area contributed by atoms with Crippen LogP contribution in [0.1, 0.15) is 31.8 Å². The fourth-order valence-corrected chi connectivity index (χ4v) is 2.92. The molecule has 116 valence electrons. The molecule has 0 unspecified atom stereocenters. The van der Waals surface area contributed by atoms with E-state index in [0.29, 0.717) is 32.1 Å². The molecule has 0 amide bonds. The zero-order valence-corrected chi connectivity index (χ0v) is 13.0. The van der Waals surface area contributed by atoms with E-state index < -0.39 is 10.0 Å². The molecule has 0 fully saturated rings. The van der Waals surface area contributed by atoms with Crippen LogP contribution in [0.2, 0.25) is 0 Å². The van der Waals surface area contributed by atoms with Crippen LogP contribution in [0.25, 0.3) is 0 Å². The van der Waals surface area contributed by atoms with Gasteiger partial charge in [0.2, 0.25) is 10.0 Å². The van der Waals surface area contributed by atoms with Crippen LogP contribution in [-0.2, 0) is 21.4 Å². The zero-order valence-electron chi connectivity index (χ0n) is 12.2. The normalized spacial score (nSPS) is 12.2. The van der Waals surface area contributed by atoms with E-state index in [1.807, 2.05) is 0 Å². The number of aryl methyl sites for hydroxylation is 1. The molecule has 20 heavy (non-hydrogen) atoms.